The fraction of sp³-hybridized carbons (Fsp3) is 0.227. The molecule has 0 spiro atoms. The first-order chi connectivity index (χ1) is 12.7. The lowest BCUT2D eigenvalue weighted by molar-refractivity contribution is -0.121. The van der Waals surface area contributed by atoms with Crippen LogP contribution in [-0.4, -0.2) is 26.7 Å². The van der Waals surface area contributed by atoms with E-state index in [2.05, 4.69) is 17.4 Å². The lowest BCUT2D eigenvalue weighted by Crippen LogP contribution is -2.30. The molecular weight excluding hydrogens is 326 g/mol. The van der Waals surface area contributed by atoms with E-state index in [4.69, 9.17) is 9.47 Å². The zero-order chi connectivity index (χ0) is 18.4. The van der Waals surface area contributed by atoms with E-state index < -0.39 is 0 Å². The lowest BCUT2D eigenvalue weighted by atomic mass is 10.0. The Morgan fingerprint density at radius 3 is 2.58 bits per heavy atom. The van der Waals surface area contributed by atoms with Crippen LogP contribution in [0.1, 0.15) is 17.2 Å². The maximum atomic E-state index is 12.4. The second-order valence-corrected chi connectivity index (χ2v) is 6.12. The molecule has 0 aliphatic rings. The largest absolute Gasteiger partial charge is 0.497 e. The average molecular weight is 349 g/mol. The van der Waals surface area contributed by atoms with Gasteiger partial charge < -0.3 is 14.8 Å². The van der Waals surface area contributed by atoms with Gasteiger partial charge in [-0.1, -0.05) is 54.6 Å². The third kappa shape index (κ3) is 4.21. The van der Waals surface area contributed by atoms with Crippen LogP contribution in [0, 0.1) is 0 Å². The van der Waals surface area contributed by atoms with Gasteiger partial charge in [-0.05, 0) is 34.0 Å². The molecule has 0 heterocycles. The van der Waals surface area contributed by atoms with Crippen molar-refractivity contribution in [3.05, 3.63) is 77.9 Å². The van der Waals surface area contributed by atoms with Gasteiger partial charge >= 0.3 is 0 Å². The second-order valence-electron chi connectivity index (χ2n) is 6.12. The summed E-state index contributed by atoms with van der Waals surface area (Å²) in [4.78, 5) is 12.4. The summed E-state index contributed by atoms with van der Waals surface area (Å²) < 4.78 is 10.8. The lowest BCUT2D eigenvalue weighted by Gasteiger charge is -2.17. The number of carbonyl (C=O) groups excluding carboxylic acids is 1. The quantitative estimate of drug-likeness (QED) is 0.704. The molecule has 1 amide bonds. The number of nitrogens with one attached hydrogen (secondary N) is 1. The summed E-state index contributed by atoms with van der Waals surface area (Å²) in [7, 11) is 3.27. The number of rotatable bonds is 7. The standard InChI is InChI=1S/C22H23NO3/c1-25-19-11-6-10-18(13-19)21(26-2)15-23-22(24)14-17-9-5-8-16-7-3-4-12-20(16)17/h3-13,21H,14-15H2,1-2H3,(H,23,24)/t21-/m1/s1. The molecule has 1 atom stereocenters. The molecule has 0 saturated carbocycles. The molecule has 1 N–H and O–H groups in total. The molecule has 0 radical (unpaired) electrons. The molecule has 3 rings (SSSR count). The molecule has 4 heteroatoms. The summed E-state index contributed by atoms with van der Waals surface area (Å²) >= 11 is 0. The molecule has 0 bridgehead atoms. The number of fused-ring (bicyclic) bond motifs is 1. The van der Waals surface area contributed by atoms with E-state index >= 15 is 0 Å². The first-order valence-electron chi connectivity index (χ1n) is 8.61. The zero-order valence-corrected chi connectivity index (χ0v) is 15.1. The Bertz CT molecular complexity index is 886. The van der Waals surface area contributed by atoms with Gasteiger partial charge in [0.2, 0.25) is 5.91 Å². The van der Waals surface area contributed by atoms with Crippen LogP contribution in [-0.2, 0) is 16.0 Å². The zero-order valence-electron chi connectivity index (χ0n) is 15.1. The smallest absolute Gasteiger partial charge is 0.224 e. The summed E-state index contributed by atoms with van der Waals surface area (Å²) in [6, 6.07) is 21.8. The molecular formula is C22H23NO3. The SMILES string of the molecule is COc1cccc([C@@H](CNC(=O)Cc2cccc3ccccc23)OC)c1. The minimum absolute atomic E-state index is 0.0219. The van der Waals surface area contributed by atoms with Crippen LogP contribution < -0.4 is 10.1 Å². The molecule has 0 aromatic heterocycles. The van der Waals surface area contributed by atoms with Gasteiger partial charge in [0.05, 0.1) is 19.6 Å². The number of benzene rings is 3. The fourth-order valence-electron chi connectivity index (χ4n) is 3.07. The van der Waals surface area contributed by atoms with Crippen LogP contribution in [0.15, 0.2) is 66.7 Å². The molecule has 134 valence electrons. The number of carbonyl (C=O) groups is 1. The molecule has 4 nitrogen and oxygen atoms in total. The minimum atomic E-state index is -0.221. The average Bonchev–Trinajstić information content (AvgIpc) is 2.69. The third-order valence-electron chi connectivity index (χ3n) is 4.47. The van der Waals surface area contributed by atoms with E-state index in [1.54, 1.807) is 14.2 Å². The molecule has 3 aromatic carbocycles. The van der Waals surface area contributed by atoms with Gasteiger partial charge in [-0.2, -0.15) is 0 Å². The van der Waals surface area contributed by atoms with Crippen molar-refractivity contribution < 1.29 is 14.3 Å². The van der Waals surface area contributed by atoms with Crippen LogP contribution in [0.2, 0.25) is 0 Å². The Balaban J connectivity index is 1.65. The van der Waals surface area contributed by atoms with E-state index in [1.165, 1.54) is 0 Å². The van der Waals surface area contributed by atoms with Gasteiger partial charge in [-0.15, -0.1) is 0 Å². The highest BCUT2D eigenvalue weighted by atomic mass is 16.5. The summed E-state index contributed by atoms with van der Waals surface area (Å²) in [5.41, 5.74) is 1.99. The molecule has 26 heavy (non-hydrogen) atoms. The molecule has 0 fully saturated rings. The Morgan fingerprint density at radius 2 is 1.77 bits per heavy atom. The van der Waals surface area contributed by atoms with Crippen LogP contribution >= 0.6 is 0 Å². The first-order valence-corrected chi connectivity index (χ1v) is 8.61. The van der Waals surface area contributed by atoms with Crippen molar-refractivity contribution in [2.75, 3.05) is 20.8 Å². The topological polar surface area (TPSA) is 47.6 Å². The van der Waals surface area contributed by atoms with E-state index in [0.29, 0.717) is 13.0 Å². The van der Waals surface area contributed by atoms with Crippen molar-refractivity contribution in [1.29, 1.82) is 0 Å². The van der Waals surface area contributed by atoms with E-state index in [1.807, 2.05) is 54.6 Å². The van der Waals surface area contributed by atoms with Crippen molar-refractivity contribution in [2.45, 2.75) is 12.5 Å². The Kier molecular flexibility index (Phi) is 5.87. The van der Waals surface area contributed by atoms with Gasteiger partial charge in [0.15, 0.2) is 0 Å². The summed E-state index contributed by atoms with van der Waals surface area (Å²) in [5.74, 6) is 0.748. The Labute approximate surface area is 153 Å². The highest BCUT2D eigenvalue weighted by Gasteiger charge is 2.14. The number of methoxy groups -OCH3 is 2. The van der Waals surface area contributed by atoms with Crippen molar-refractivity contribution in [3.63, 3.8) is 0 Å². The maximum absolute atomic E-state index is 12.4. The van der Waals surface area contributed by atoms with Crippen molar-refractivity contribution in [2.24, 2.45) is 0 Å². The van der Waals surface area contributed by atoms with Crippen LogP contribution in [0.4, 0.5) is 0 Å². The monoisotopic (exact) mass is 349 g/mol. The number of hydrogen-bond donors (Lipinski definition) is 1. The molecule has 0 unspecified atom stereocenters. The first kappa shape index (κ1) is 18.0. The maximum Gasteiger partial charge on any atom is 0.224 e. The van der Waals surface area contributed by atoms with Gasteiger partial charge in [-0.3, -0.25) is 4.79 Å². The van der Waals surface area contributed by atoms with Crippen molar-refractivity contribution in [1.82, 2.24) is 5.32 Å². The predicted molar refractivity (Wildman–Crippen MR) is 103 cm³/mol. The van der Waals surface area contributed by atoms with Crippen LogP contribution in [0.5, 0.6) is 5.75 Å². The molecule has 0 aliphatic heterocycles. The fourth-order valence-corrected chi connectivity index (χ4v) is 3.07. The highest BCUT2D eigenvalue weighted by Crippen LogP contribution is 2.21. The van der Waals surface area contributed by atoms with Gasteiger partial charge in [0.1, 0.15) is 5.75 Å². The van der Waals surface area contributed by atoms with E-state index in [9.17, 15) is 4.79 Å². The van der Waals surface area contributed by atoms with E-state index in [-0.39, 0.29) is 12.0 Å². The third-order valence-corrected chi connectivity index (χ3v) is 4.47. The summed E-state index contributed by atoms with van der Waals surface area (Å²) in [6.07, 6.45) is 0.122. The van der Waals surface area contributed by atoms with Crippen molar-refractivity contribution in [3.8, 4) is 5.75 Å². The minimum Gasteiger partial charge on any atom is -0.497 e. The van der Waals surface area contributed by atoms with Crippen molar-refractivity contribution >= 4 is 16.7 Å². The second kappa shape index (κ2) is 8.50. The number of amides is 1. The van der Waals surface area contributed by atoms with Gasteiger partial charge in [-0.25, -0.2) is 0 Å². The Morgan fingerprint density at radius 1 is 1.00 bits per heavy atom. The predicted octanol–water partition coefficient (Wildman–Crippen LogP) is 3.89. The molecule has 0 aliphatic carbocycles. The normalized spacial score (nSPS) is 11.9. The highest BCUT2D eigenvalue weighted by molar-refractivity contribution is 5.90. The van der Waals surface area contributed by atoms with Crippen LogP contribution in [0.3, 0.4) is 0 Å². The van der Waals surface area contributed by atoms with Crippen LogP contribution in [0.25, 0.3) is 10.8 Å². The summed E-state index contributed by atoms with van der Waals surface area (Å²) in [6.45, 7) is 0.410. The number of hydrogen-bond acceptors (Lipinski definition) is 3. The van der Waals surface area contributed by atoms with E-state index in [0.717, 1.165) is 27.6 Å². The molecule has 3 aromatic rings. The molecule has 0 saturated heterocycles. The number of ether oxygens (including phenoxy) is 2. The van der Waals surface area contributed by atoms with Gasteiger partial charge in [0, 0.05) is 13.7 Å². The Hall–Kier alpha value is -2.85. The van der Waals surface area contributed by atoms with Gasteiger partial charge in [0.25, 0.3) is 0 Å². The summed E-state index contributed by atoms with van der Waals surface area (Å²) in [5, 5.41) is 5.23.